The normalized spacial score (nSPS) is 11.1. The number of halogens is 1. The van der Waals surface area contributed by atoms with Crippen LogP contribution >= 0.6 is 15.9 Å². The Hall–Kier alpha value is 0.440. The van der Waals surface area contributed by atoms with Crippen molar-refractivity contribution in [3.8, 4) is 0 Å². The fourth-order valence-corrected chi connectivity index (χ4v) is 2.53. The van der Waals surface area contributed by atoms with E-state index in [0.717, 1.165) is 25.0 Å². The van der Waals surface area contributed by atoms with E-state index in [1.807, 2.05) is 0 Å². The predicted octanol–water partition coefficient (Wildman–Crippen LogP) is 6.49. The minimum absolute atomic E-state index is 0.920. The molecular formula is C17H35BrO. The van der Waals surface area contributed by atoms with Gasteiger partial charge in [-0.15, -0.1) is 0 Å². The summed E-state index contributed by atoms with van der Waals surface area (Å²) < 4.78 is 5.54. The van der Waals surface area contributed by atoms with E-state index in [1.54, 1.807) is 0 Å². The Morgan fingerprint density at radius 3 is 1.47 bits per heavy atom. The van der Waals surface area contributed by atoms with E-state index in [9.17, 15) is 0 Å². The number of hydrogen-bond donors (Lipinski definition) is 0. The van der Waals surface area contributed by atoms with Gasteiger partial charge in [0.05, 0.1) is 0 Å². The van der Waals surface area contributed by atoms with Gasteiger partial charge in [-0.25, -0.2) is 0 Å². The first-order valence-corrected chi connectivity index (χ1v) is 9.67. The topological polar surface area (TPSA) is 9.23 Å². The van der Waals surface area contributed by atoms with Gasteiger partial charge < -0.3 is 4.74 Å². The number of ether oxygens (including phenoxy) is 1. The van der Waals surface area contributed by atoms with Crippen LogP contribution < -0.4 is 0 Å². The summed E-state index contributed by atoms with van der Waals surface area (Å²) in [6.07, 6.45) is 18.1. The maximum Gasteiger partial charge on any atom is 0.0474 e. The molecule has 0 fully saturated rings. The summed E-state index contributed by atoms with van der Waals surface area (Å²) in [6.45, 7) is 4.17. The van der Waals surface area contributed by atoms with E-state index < -0.39 is 0 Å². The van der Waals surface area contributed by atoms with Gasteiger partial charge in [-0.2, -0.15) is 0 Å². The van der Waals surface area contributed by atoms with E-state index in [1.165, 1.54) is 77.0 Å². The fourth-order valence-electron chi connectivity index (χ4n) is 2.30. The lowest BCUT2D eigenvalue weighted by molar-refractivity contribution is 0.131. The van der Waals surface area contributed by atoms with Crippen molar-refractivity contribution in [2.75, 3.05) is 18.5 Å². The number of rotatable bonds is 16. The van der Waals surface area contributed by atoms with Gasteiger partial charge >= 0.3 is 0 Å². The summed E-state index contributed by atoms with van der Waals surface area (Å²) in [5, 5.41) is 1.06. The van der Waals surface area contributed by atoms with Crippen molar-refractivity contribution in [3.05, 3.63) is 0 Å². The molecule has 0 aromatic heterocycles. The highest BCUT2D eigenvalue weighted by Gasteiger charge is 1.93. The third-order valence-corrected chi connectivity index (χ3v) is 4.13. The zero-order valence-corrected chi connectivity index (χ0v) is 14.7. The van der Waals surface area contributed by atoms with Crippen molar-refractivity contribution in [1.29, 1.82) is 0 Å². The highest BCUT2D eigenvalue weighted by Crippen LogP contribution is 2.11. The van der Waals surface area contributed by atoms with Crippen molar-refractivity contribution >= 4 is 15.9 Å². The molecule has 0 amide bonds. The standard InChI is InChI=1S/C17H35BrO/c1-2-3-4-5-6-7-8-9-10-11-12-13-16-19-17-14-15-18/h2-17H2,1H3. The van der Waals surface area contributed by atoms with Crippen molar-refractivity contribution in [2.24, 2.45) is 0 Å². The molecule has 0 saturated carbocycles. The highest BCUT2D eigenvalue weighted by molar-refractivity contribution is 9.09. The van der Waals surface area contributed by atoms with Crippen LogP contribution in [0.3, 0.4) is 0 Å². The molecule has 0 bridgehead atoms. The molecule has 0 heterocycles. The molecule has 0 aliphatic carbocycles. The average molecular weight is 335 g/mol. The fraction of sp³-hybridized carbons (Fsp3) is 1.00. The van der Waals surface area contributed by atoms with Crippen molar-refractivity contribution in [1.82, 2.24) is 0 Å². The van der Waals surface area contributed by atoms with Gasteiger partial charge in [-0.3, -0.25) is 0 Å². The van der Waals surface area contributed by atoms with Crippen molar-refractivity contribution < 1.29 is 4.74 Å². The summed E-state index contributed by atoms with van der Waals surface area (Å²) in [6, 6.07) is 0. The molecule has 0 aromatic rings. The summed E-state index contributed by atoms with van der Waals surface area (Å²) in [4.78, 5) is 0. The molecular weight excluding hydrogens is 300 g/mol. The summed E-state index contributed by atoms with van der Waals surface area (Å²) >= 11 is 3.41. The van der Waals surface area contributed by atoms with Gasteiger partial charge in [-0.05, 0) is 12.8 Å². The molecule has 1 nitrogen and oxygen atoms in total. The van der Waals surface area contributed by atoms with Crippen LogP contribution in [-0.2, 0) is 4.74 Å². The Balaban J connectivity index is 2.88. The molecule has 116 valence electrons. The van der Waals surface area contributed by atoms with E-state index in [0.29, 0.717) is 0 Å². The molecule has 0 radical (unpaired) electrons. The first-order valence-electron chi connectivity index (χ1n) is 8.55. The molecule has 0 rings (SSSR count). The second kappa shape index (κ2) is 18.4. The van der Waals surface area contributed by atoms with Gasteiger partial charge in [0.25, 0.3) is 0 Å². The number of unbranched alkanes of at least 4 members (excludes halogenated alkanes) is 11. The molecule has 2 heteroatoms. The maximum atomic E-state index is 5.54. The zero-order valence-electron chi connectivity index (χ0n) is 13.1. The van der Waals surface area contributed by atoms with Crippen LogP contribution in [0.5, 0.6) is 0 Å². The Morgan fingerprint density at radius 1 is 0.579 bits per heavy atom. The Morgan fingerprint density at radius 2 is 1.00 bits per heavy atom. The lowest BCUT2D eigenvalue weighted by Gasteiger charge is -2.04. The second-order valence-electron chi connectivity index (χ2n) is 5.54. The molecule has 0 aliphatic heterocycles. The van der Waals surface area contributed by atoms with Gasteiger partial charge in [-0.1, -0.05) is 93.5 Å². The quantitative estimate of drug-likeness (QED) is 0.231. The molecule has 0 aliphatic rings. The van der Waals surface area contributed by atoms with Crippen molar-refractivity contribution in [2.45, 2.75) is 90.4 Å². The van der Waals surface area contributed by atoms with Crippen LogP contribution in [0.1, 0.15) is 90.4 Å². The third kappa shape index (κ3) is 18.4. The molecule has 0 saturated heterocycles. The molecule has 0 atom stereocenters. The van der Waals surface area contributed by atoms with Gasteiger partial charge in [0.15, 0.2) is 0 Å². The van der Waals surface area contributed by atoms with Crippen molar-refractivity contribution in [3.63, 3.8) is 0 Å². The number of alkyl halides is 1. The van der Waals surface area contributed by atoms with Crippen LogP contribution in [-0.4, -0.2) is 18.5 Å². The summed E-state index contributed by atoms with van der Waals surface area (Å²) in [5.74, 6) is 0. The van der Waals surface area contributed by atoms with Gasteiger partial charge in [0.1, 0.15) is 0 Å². The lowest BCUT2D eigenvalue weighted by atomic mass is 10.1. The Labute approximate surface area is 130 Å². The lowest BCUT2D eigenvalue weighted by Crippen LogP contribution is -1.97. The molecule has 0 N–H and O–H groups in total. The van der Waals surface area contributed by atoms with E-state index >= 15 is 0 Å². The minimum atomic E-state index is 0.920. The second-order valence-corrected chi connectivity index (χ2v) is 6.34. The van der Waals surface area contributed by atoms with Gasteiger partial charge in [0, 0.05) is 18.5 Å². The predicted molar refractivity (Wildman–Crippen MR) is 90.3 cm³/mol. The smallest absolute Gasteiger partial charge is 0.0474 e. The highest BCUT2D eigenvalue weighted by atomic mass is 79.9. The van der Waals surface area contributed by atoms with Crippen LogP contribution in [0.4, 0.5) is 0 Å². The van der Waals surface area contributed by atoms with Crippen LogP contribution in [0.15, 0.2) is 0 Å². The maximum absolute atomic E-state index is 5.54. The van der Waals surface area contributed by atoms with Crippen LogP contribution in [0.2, 0.25) is 0 Å². The molecule has 19 heavy (non-hydrogen) atoms. The van der Waals surface area contributed by atoms with Crippen LogP contribution in [0, 0.1) is 0 Å². The first-order chi connectivity index (χ1) is 9.41. The summed E-state index contributed by atoms with van der Waals surface area (Å²) in [7, 11) is 0. The largest absolute Gasteiger partial charge is 0.381 e. The Kier molecular flexibility index (Phi) is 18.9. The third-order valence-electron chi connectivity index (χ3n) is 3.56. The molecule has 0 aromatic carbocycles. The van der Waals surface area contributed by atoms with Crippen LogP contribution in [0.25, 0.3) is 0 Å². The average Bonchev–Trinajstić information content (AvgIpc) is 2.43. The van der Waals surface area contributed by atoms with E-state index in [2.05, 4.69) is 22.9 Å². The SMILES string of the molecule is CCCCCCCCCCCCCCOCCCBr. The monoisotopic (exact) mass is 334 g/mol. The molecule has 0 unspecified atom stereocenters. The first kappa shape index (κ1) is 19.4. The summed E-state index contributed by atoms with van der Waals surface area (Å²) in [5.41, 5.74) is 0. The zero-order chi connectivity index (χ0) is 14.0. The number of hydrogen-bond acceptors (Lipinski definition) is 1. The minimum Gasteiger partial charge on any atom is -0.381 e. The molecule has 0 spiro atoms. The van der Waals surface area contributed by atoms with E-state index in [-0.39, 0.29) is 0 Å². The van der Waals surface area contributed by atoms with Gasteiger partial charge in [0.2, 0.25) is 0 Å². The Bertz CT molecular complexity index is 134. The van der Waals surface area contributed by atoms with E-state index in [4.69, 9.17) is 4.74 Å².